The van der Waals surface area contributed by atoms with Gasteiger partial charge in [-0.05, 0) is 49.2 Å². The molecule has 0 unspecified atom stereocenters. The quantitative estimate of drug-likeness (QED) is 0.376. The smallest absolute Gasteiger partial charge is 0.387 e. The van der Waals surface area contributed by atoms with Gasteiger partial charge in [-0.1, -0.05) is 35.9 Å². The average molecular weight is 414 g/mol. The second kappa shape index (κ2) is 7.79. The molecule has 0 aliphatic heterocycles. The number of nitrogens with zero attached hydrogens (tertiary/aromatic N) is 3. The number of pyridine rings is 1. The van der Waals surface area contributed by atoms with E-state index in [1.807, 2.05) is 42.7 Å². The van der Waals surface area contributed by atoms with E-state index in [1.165, 1.54) is 0 Å². The second-order valence-electron chi connectivity index (χ2n) is 6.76. The molecule has 0 amide bonds. The Morgan fingerprint density at radius 3 is 2.66 bits per heavy atom. The van der Waals surface area contributed by atoms with Gasteiger partial charge in [-0.15, -0.1) is 0 Å². The van der Waals surface area contributed by atoms with Crippen LogP contribution in [0.5, 0.6) is 5.75 Å². The Morgan fingerprint density at radius 1 is 1.10 bits per heavy atom. The number of benzene rings is 2. The predicted octanol–water partition coefficient (Wildman–Crippen LogP) is 6.02. The highest BCUT2D eigenvalue weighted by molar-refractivity contribution is 6.29. The first-order chi connectivity index (χ1) is 13.9. The summed E-state index contributed by atoms with van der Waals surface area (Å²) in [7, 11) is 0. The van der Waals surface area contributed by atoms with E-state index >= 15 is 0 Å². The summed E-state index contributed by atoms with van der Waals surface area (Å²) in [5, 5.41) is 0.448. The largest absolute Gasteiger partial charge is 0.434 e. The summed E-state index contributed by atoms with van der Waals surface area (Å²) in [6, 6.07) is 14.6. The Kier molecular flexibility index (Phi) is 5.20. The van der Waals surface area contributed by atoms with Gasteiger partial charge in [0, 0.05) is 17.3 Å². The van der Waals surface area contributed by atoms with Gasteiger partial charge in [-0.3, -0.25) is 0 Å². The minimum atomic E-state index is -2.87. The molecule has 0 saturated heterocycles. The van der Waals surface area contributed by atoms with Crippen LogP contribution in [0.3, 0.4) is 0 Å². The fourth-order valence-electron chi connectivity index (χ4n) is 3.45. The molecular weight excluding hydrogens is 396 g/mol. The maximum atomic E-state index is 12.8. The van der Waals surface area contributed by atoms with Gasteiger partial charge in [0.05, 0.1) is 17.6 Å². The molecule has 2 aromatic heterocycles. The van der Waals surface area contributed by atoms with Gasteiger partial charge in [0.25, 0.3) is 0 Å². The Morgan fingerprint density at radius 2 is 1.90 bits per heavy atom. The maximum Gasteiger partial charge on any atom is 0.387 e. The van der Waals surface area contributed by atoms with E-state index in [1.54, 1.807) is 30.5 Å². The normalized spacial score (nSPS) is 11.4. The van der Waals surface area contributed by atoms with Crippen molar-refractivity contribution in [3.63, 3.8) is 0 Å². The van der Waals surface area contributed by atoms with Crippen LogP contribution >= 0.6 is 11.6 Å². The van der Waals surface area contributed by atoms with E-state index in [4.69, 9.17) is 11.6 Å². The van der Waals surface area contributed by atoms with Gasteiger partial charge in [0.2, 0.25) is 0 Å². The summed E-state index contributed by atoms with van der Waals surface area (Å²) in [5.41, 5.74) is 5.37. The Balaban J connectivity index is 1.79. The molecule has 0 aliphatic rings. The number of para-hydroxylation sites is 1. The Bertz CT molecular complexity index is 1190. The van der Waals surface area contributed by atoms with Crippen molar-refractivity contribution in [2.75, 3.05) is 0 Å². The van der Waals surface area contributed by atoms with Crippen LogP contribution in [0.2, 0.25) is 5.15 Å². The molecule has 0 N–H and O–H groups in total. The first-order valence-corrected chi connectivity index (χ1v) is 9.42. The average Bonchev–Trinajstić information content (AvgIpc) is 2.97. The second-order valence-corrected chi connectivity index (χ2v) is 7.14. The van der Waals surface area contributed by atoms with E-state index in [0.29, 0.717) is 17.3 Å². The van der Waals surface area contributed by atoms with Crippen molar-refractivity contribution < 1.29 is 13.5 Å². The van der Waals surface area contributed by atoms with Crippen LogP contribution in [0.4, 0.5) is 8.78 Å². The van der Waals surface area contributed by atoms with Crippen molar-refractivity contribution in [2.45, 2.75) is 27.0 Å². The molecule has 148 valence electrons. The predicted molar refractivity (Wildman–Crippen MR) is 110 cm³/mol. The number of aryl methyl sites for hydroxylation is 2. The number of imidazole rings is 1. The number of fused-ring (bicyclic) bond motifs is 1. The lowest BCUT2D eigenvalue weighted by atomic mass is 10.0. The van der Waals surface area contributed by atoms with Crippen molar-refractivity contribution in [1.82, 2.24) is 14.5 Å². The molecule has 0 saturated carbocycles. The molecule has 4 rings (SSSR count). The fraction of sp³-hybridized carbons (Fsp3) is 0.182. The summed E-state index contributed by atoms with van der Waals surface area (Å²) in [4.78, 5) is 8.79. The molecule has 29 heavy (non-hydrogen) atoms. The molecule has 7 heteroatoms. The molecule has 4 aromatic rings. The summed E-state index contributed by atoms with van der Waals surface area (Å²) >= 11 is 5.98. The summed E-state index contributed by atoms with van der Waals surface area (Å²) in [6.07, 6.45) is 1.75. The van der Waals surface area contributed by atoms with Gasteiger partial charge < -0.3 is 9.30 Å². The van der Waals surface area contributed by atoms with Crippen molar-refractivity contribution in [2.24, 2.45) is 0 Å². The third-order valence-corrected chi connectivity index (χ3v) is 5.05. The van der Waals surface area contributed by atoms with Crippen LogP contribution in [0.1, 0.15) is 17.0 Å². The number of aromatic nitrogens is 3. The summed E-state index contributed by atoms with van der Waals surface area (Å²) in [5.74, 6) is 0.951. The minimum absolute atomic E-state index is 0.164. The fourth-order valence-corrected chi connectivity index (χ4v) is 3.66. The summed E-state index contributed by atoms with van der Waals surface area (Å²) < 4.78 is 32.2. The monoisotopic (exact) mass is 413 g/mol. The first kappa shape index (κ1) is 19.3. The van der Waals surface area contributed by atoms with E-state index in [-0.39, 0.29) is 5.75 Å². The lowest BCUT2D eigenvalue weighted by Crippen LogP contribution is -2.08. The number of halogens is 3. The lowest BCUT2D eigenvalue weighted by molar-refractivity contribution is -0.0504. The molecule has 0 aliphatic carbocycles. The molecule has 2 heterocycles. The molecule has 0 bridgehead atoms. The van der Waals surface area contributed by atoms with Gasteiger partial charge in [-0.2, -0.15) is 8.78 Å². The molecule has 0 fully saturated rings. The van der Waals surface area contributed by atoms with Crippen molar-refractivity contribution >= 4 is 22.6 Å². The molecule has 4 nitrogen and oxygen atoms in total. The highest BCUT2D eigenvalue weighted by atomic mass is 35.5. The Hall–Kier alpha value is -2.99. The SMILES string of the molecule is Cc1cc(Cl)ncc1-c1ccc2nc(C)n(Cc3ccccc3OC(F)F)c2c1. The molecule has 0 atom stereocenters. The highest BCUT2D eigenvalue weighted by Gasteiger charge is 2.14. The number of alkyl halides is 2. The molecule has 2 aromatic carbocycles. The lowest BCUT2D eigenvalue weighted by Gasteiger charge is -2.13. The third kappa shape index (κ3) is 3.93. The molecular formula is C22H18ClF2N3O. The minimum Gasteiger partial charge on any atom is -0.434 e. The van der Waals surface area contributed by atoms with E-state index in [9.17, 15) is 8.78 Å². The number of hydrogen-bond acceptors (Lipinski definition) is 3. The number of rotatable bonds is 5. The zero-order valence-electron chi connectivity index (χ0n) is 15.9. The number of hydrogen-bond donors (Lipinski definition) is 0. The van der Waals surface area contributed by atoms with Gasteiger partial charge in [-0.25, -0.2) is 9.97 Å². The van der Waals surface area contributed by atoms with Gasteiger partial charge >= 0.3 is 6.61 Å². The van der Waals surface area contributed by atoms with Crippen LogP contribution in [0, 0.1) is 13.8 Å². The zero-order chi connectivity index (χ0) is 20.5. The molecule has 0 spiro atoms. The highest BCUT2D eigenvalue weighted by Crippen LogP contribution is 2.29. The third-order valence-electron chi connectivity index (χ3n) is 4.84. The van der Waals surface area contributed by atoms with Crippen molar-refractivity contribution in [1.29, 1.82) is 0 Å². The first-order valence-electron chi connectivity index (χ1n) is 9.04. The van der Waals surface area contributed by atoms with E-state index in [2.05, 4.69) is 14.7 Å². The van der Waals surface area contributed by atoms with Crippen LogP contribution < -0.4 is 4.74 Å². The van der Waals surface area contributed by atoms with Crippen molar-refractivity contribution in [3.8, 4) is 16.9 Å². The zero-order valence-corrected chi connectivity index (χ0v) is 16.6. The van der Waals surface area contributed by atoms with E-state index in [0.717, 1.165) is 33.5 Å². The summed E-state index contributed by atoms with van der Waals surface area (Å²) in [6.45, 7) is 1.37. The maximum absolute atomic E-state index is 12.8. The van der Waals surface area contributed by atoms with E-state index < -0.39 is 6.61 Å². The van der Waals surface area contributed by atoms with Gasteiger partial charge in [0.1, 0.15) is 16.7 Å². The Labute approximate surface area is 171 Å². The standard InChI is InChI=1S/C22H18ClF2N3O/c1-13-9-21(23)26-11-17(13)15-7-8-18-19(10-15)28(14(2)27-18)12-16-5-3-4-6-20(16)29-22(24)25/h3-11,22H,12H2,1-2H3. The van der Waals surface area contributed by atoms with Crippen LogP contribution in [-0.2, 0) is 6.54 Å². The molecule has 0 radical (unpaired) electrons. The topological polar surface area (TPSA) is 39.9 Å². The van der Waals surface area contributed by atoms with Crippen LogP contribution in [0.15, 0.2) is 54.7 Å². The van der Waals surface area contributed by atoms with Crippen LogP contribution in [-0.4, -0.2) is 21.1 Å². The van der Waals surface area contributed by atoms with Crippen LogP contribution in [0.25, 0.3) is 22.2 Å². The van der Waals surface area contributed by atoms with Crippen molar-refractivity contribution in [3.05, 3.63) is 76.8 Å². The van der Waals surface area contributed by atoms with Gasteiger partial charge in [0.15, 0.2) is 0 Å². The number of ether oxygens (including phenoxy) is 1.